The number of aromatic nitrogens is 1. The first-order valence-electron chi connectivity index (χ1n) is 10.2. The lowest BCUT2D eigenvalue weighted by Gasteiger charge is -2.31. The van der Waals surface area contributed by atoms with E-state index < -0.39 is 0 Å². The molecule has 2 N–H and O–H groups in total. The van der Waals surface area contributed by atoms with E-state index in [1.54, 1.807) is 0 Å². The molecule has 1 aromatic heterocycles. The number of benzene rings is 2. The Morgan fingerprint density at radius 1 is 1.21 bits per heavy atom. The number of carbonyl (C=O) groups excluding carboxylic acids is 1. The summed E-state index contributed by atoms with van der Waals surface area (Å²) in [7, 11) is 0. The molecule has 0 bridgehead atoms. The molecule has 0 radical (unpaired) electrons. The van der Waals surface area contributed by atoms with Gasteiger partial charge in [0.2, 0.25) is 5.91 Å². The quantitative estimate of drug-likeness (QED) is 0.643. The number of nitrogens with zero attached hydrogens (tertiary/aromatic N) is 1. The molecule has 0 saturated heterocycles. The molecule has 0 unspecified atom stereocenters. The van der Waals surface area contributed by atoms with Gasteiger partial charge in [0.1, 0.15) is 5.75 Å². The molecule has 5 heteroatoms. The molecule has 1 atom stereocenters. The molecular formula is C24H27N3O2. The van der Waals surface area contributed by atoms with Crippen LogP contribution in [-0.2, 0) is 4.79 Å². The SMILES string of the molecule is CCOc1ccccc1NC(=O)[C@@H](C)N1CC=C(c2c[nH]c3ccccc23)CC1. The molecule has 0 fully saturated rings. The van der Waals surface area contributed by atoms with Crippen molar-refractivity contribution in [2.24, 2.45) is 0 Å². The zero-order valence-corrected chi connectivity index (χ0v) is 16.9. The lowest BCUT2D eigenvalue weighted by molar-refractivity contribution is -0.120. The third kappa shape index (κ3) is 4.05. The second kappa shape index (κ2) is 8.53. The zero-order chi connectivity index (χ0) is 20.2. The topological polar surface area (TPSA) is 57.4 Å². The smallest absolute Gasteiger partial charge is 0.241 e. The maximum atomic E-state index is 12.8. The van der Waals surface area contributed by atoms with Gasteiger partial charge < -0.3 is 15.0 Å². The molecule has 29 heavy (non-hydrogen) atoms. The summed E-state index contributed by atoms with van der Waals surface area (Å²) in [5.41, 5.74) is 4.49. The predicted octanol–water partition coefficient (Wildman–Crippen LogP) is 4.68. The number of aromatic amines is 1. The van der Waals surface area contributed by atoms with Gasteiger partial charge in [-0.25, -0.2) is 0 Å². The van der Waals surface area contributed by atoms with Crippen LogP contribution in [0.3, 0.4) is 0 Å². The summed E-state index contributed by atoms with van der Waals surface area (Å²) in [5.74, 6) is 0.691. The Morgan fingerprint density at radius 3 is 2.79 bits per heavy atom. The van der Waals surface area contributed by atoms with Crippen molar-refractivity contribution < 1.29 is 9.53 Å². The van der Waals surface area contributed by atoms with Crippen molar-refractivity contribution in [3.63, 3.8) is 0 Å². The largest absolute Gasteiger partial charge is 0.492 e. The van der Waals surface area contributed by atoms with E-state index in [1.165, 1.54) is 16.5 Å². The number of para-hydroxylation sites is 3. The Morgan fingerprint density at radius 2 is 2.00 bits per heavy atom. The summed E-state index contributed by atoms with van der Waals surface area (Å²) in [6.07, 6.45) is 5.26. The van der Waals surface area contributed by atoms with Gasteiger partial charge in [-0.05, 0) is 44.0 Å². The summed E-state index contributed by atoms with van der Waals surface area (Å²) >= 11 is 0. The van der Waals surface area contributed by atoms with Gasteiger partial charge in [0.15, 0.2) is 0 Å². The van der Waals surface area contributed by atoms with Crippen LogP contribution >= 0.6 is 0 Å². The van der Waals surface area contributed by atoms with Crippen molar-refractivity contribution in [2.75, 3.05) is 25.0 Å². The fourth-order valence-corrected chi connectivity index (χ4v) is 3.87. The monoisotopic (exact) mass is 389 g/mol. The number of amides is 1. The highest BCUT2D eigenvalue weighted by molar-refractivity contribution is 5.96. The Hall–Kier alpha value is -3.05. The lowest BCUT2D eigenvalue weighted by Crippen LogP contribution is -2.44. The van der Waals surface area contributed by atoms with Crippen LogP contribution in [0.1, 0.15) is 25.8 Å². The van der Waals surface area contributed by atoms with Crippen LogP contribution in [-0.4, -0.2) is 41.5 Å². The van der Waals surface area contributed by atoms with E-state index >= 15 is 0 Å². The average molecular weight is 389 g/mol. The van der Waals surface area contributed by atoms with Crippen molar-refractivity contribution >= 4 is 28.1 Å². The van der Waals surface area contributed by atoms with Crippen molar-refractivity contribution in [1.82, 2.24) is 9.88 Å². The van der Waals surface area contributed by atoms with Gasteiger partial charge in [-0.2, -0.15) is 0 Å². The molecule has 5 nitrogen and oxygen atoms in total. The van der Waals surface area contributed by atoms with Gasteiger partial charge in [0.05, 0.1) is 18.3 Å². The summed E-state index contributed by atoms with van der Waals surface area (Å²) in [6.45, 7) is 6.08. The minimum atomic E-state index is -0.217. The van der Waals surface area contributed by atoms with Crippen molar-refractivity contribution in [3.8, 4) is 5.75 Å². The van der Waals surface area contributed by atoms with Crippen LogP contribution in [0.25, 0.3) is 16.5 Å². The normalized spacial score (nSPS) is 15.7. The highest BCUT2D eigenvalue weighted by Gasteiger charge is 2.24. The molecule has 0 spiro atoms. The molecule has 0 saturated carbocycles. The minimum Gasteiger partial charge on any atom is -0.492 e. The second-order valence-corrected chi connectivity index (χ2v) is 7.32. The average Bonchev–Trinajstić information content (AvgIpc) is 3.19. The molecule has 4 rings (SSSR count). The Kier molecular flexibility index (Phi) is 5.67. The first-order valence-corrected chi connectivity index (χ1v) is 10.2. The minimum absolute atomic E-state index is 0.0129. The van der Waals surface area contributed by atoms with Crippen LogP contribution in [0, 0.1) is 0 Å². The van der Waals surface area contributed by atoms with Gasteiger partial charge >= 0.3 is 0 Å². The lowest BCUT2D eigenvalue weighted by atomic mass is 9.98. The fraction of sp³-hybridized carbons (Fsp3) is 0.292. The van der Waals surface area contributed by atoms with Crippen LogP contribution < -0.4 is 10.1 Å². The number of anilines is 1. The predicted molar refractivity (Wildman–Crippen MR) is 118 cm³/mol. The van der Waals surface area contributed by atoms with Gasteiger partial charge in [0.25, 0.3) is 0 Å². The van der Waals surface area contributed by atoms with E-state index in [2.05, 4.69) is 45.7 Å². The summed E-state index contributed by atoms with van der Waals surface area (Å²) < 4.78 is 5.61. The standard InChI is InChI=1S/C24H27N3O2/c1-3-29-23-11-7-6-10-22(23)26-24(28)17(2)27-14-12-18(13-15-27)20-16-25-21-9-5-4-8-19(20)21/h4-12,16-17,25H,3,13-15H2,1-2H3,(H,26,28)/t17-/m1/s1. The fourth-order valence-electron chi connectivity index (χ4n) is 3.87. The second-order valence-electron chi connectivity index (χ2n) is 7.32. The summed E-state index contributed by atoms with van der Waals surface area (Å²) in [4.78, 5) is 18.4. The molecule has 0 aliphatic carbocycles. The maximum Gasteiger partial charge on any atom is 0.241 e. The summed E-state index contributed by atoms with van der Waals surface area (Å²) in [6, 6.07) is 15.7. The number of hydrogen-bond acceptors (Lipinski definition) is 3. The van der Waals surface area contributed by atoms with Crippen LogP contribution in [0.15, 0.2) is 60.8 Å². The van der Waals surface area contributed by atoms with E-state index in [4.69, 9.17) is 4.74 Å². The van der Waals surface area contributed by atoms with Crippen LogP contribution in [0.2, 0.25) is 0 Å². The maximum absolute atomic E-state index is 12.8. The zero-order valence-electron chi connectivity index (χ0n) is 16.9. The number of H-pyrrole nitrogens is 1. The van der Waals surface area contributed by atoms with Crippen LogP contribution in [0.4, 0.5) is 5.69 Å². The van der Waals surface area contributed by atoms with Crippen molar-refractivity contribution in [3.05, 3.63) is 66.4 Å². The molecule has 150 valence electrons. The number of nitrogens with one attached hydrogen (secondary N) is 2. The number of hydrogen-bond donors (Lipinski definition) is 2. The van der Waals surface area contributed by atoms with Crippen molar-refractivity contribution in [1.29, 1.82) is 0 Å². The number of fused-ring (bicyclic) bond motifs is 1. The molecule has 1 aliphatic heterocycles. The third-order valence-electron chi connectivity index (χ3n) is 5.55. The Balaban J connectivity index is 1.43. The number of carbonyl (C=O) groups is 1. The third-order valence-corrected chi connectivity index (χ3v) is 5.55. The number of ether oxygens (including phenoxy) is 1. The highest BCUT2D eigenvalue weighted by Crippen LogP contribution is 2.30. The molecule has 2 heterocycles. The summed E-state index contributed by atoms with van der Waals surface area (Å²) in [5, 5.41) is 4.28. The molecule has 2 aromatic carbocycles. The van der Waals surface area contributed by atoms with E-state index in [1.807, 2.05) is 44.2 Å². The first-order chi connectivity index (χ1) is 14.2. The van der Waals surface area contributed by atoms with Crippen molar-refractivity contribution in [2.45, 2.75) is 26.3 Å². The Labute approximate surface area is 171 Å². The van der Waals surface area contributed by atoms with E-state index in [9.17, 15) is 4.79 Å². The van der Waals surface area contributed by atoms with Gasteiger partial charge in [-0.15, -0.1) is 0 Å². The Bertz CT molecular complexity index is 1040. The molecule has 1 amide bonds. The van der Waals surface area contributed by atoms with E-state index in [-0.39, 0.29) is 11.9 Å². The molecule has 1 aliphatic rings. The van der Waals surface area contributed by atoms with Gasteiger partial charge in [-0.3, -0.25) is 9.69 Å². The molecular weight excluding hydrogens is 362 g/mol. The van der Waals surface area contributed by atoms with Gasteiger partial charge in [0, 0.05) is 35.8 Å². The molecule has 3 aromatic rings. The number of rotatable bonds is 6. The van der Waals surface area contributed by atoms with Crippen LogP contribution in [0.5, 0.6) is 5.75 Å². The van der Waals surface area contributed by atoms with E-state index in [0.717, 1.165) is 30.7 Å². The highest BCUT2D eigenvalue weighted by atomic mass is 16.5. The van der Waals surface area contributed by atoms with E-state index in [0.29, 0.717) is 12.4 Å². The first kappa shape index (κ1) is 19.3. The van der Waals surface area contributed by atoms with Gasteiger partial charge in [-0.1, -0.05) is 36.4 Å².